The quantitative estimate of drug-likeness (QED) is 0.874. The largest absolute Gasteiger partial charge is 0.326 e. The van der Waals surface area contributed by atoms with Crippen molar-refractivity contribution < 1.29 is 13.2 Å². The van der Waals surface area contributed by atoms with E-state index in [1.807, 2.05) is 13.0 Å². The fourth-order valence-electron chi connectivity index (χ4n) is 2.11. The Hall–Kier alpha value is -2.65. The summed E-state index contributed by atoms with van der Waals surface area (Å²) in [5, 5.41) is 11.3. The number of hydrogen-bond acceptors (Lipinski definition) is 4. The van der Waals surface area contributed by atoms with Crippen LogP contribution in [0.25, 0.3) is 0 Å². The maximum absolute atomic E-state index is 12.2. The minimum atomic E-state index is -3.48. The van der Waals surface area contributed by atoms with Crippen LogP contribution in [0.3, 0.4) is 0 Å². The highest BCUT2D eigenvalue weighted by atomic mass is 32.2. The number of nitrogens with zero attached hydrogens (tertiary/aromatic N) is 1. The number of aryl methyl sites for hydroxylation is 1. The van der Waals surface area contributed by atoms with Gasteiger partial charge in [0.2, 0.25) is 5.91 Å². The van der Waals surface area contributed by atoms with E-state index in [0.29, 0.717) is 12.1 Å². The minimum absolute atomic E-state index is 0.115. The molecule has 1 N–H and O–H groups in total. The average molecular weight is 342 g/mol. The zero-order valence-electron chi connectivity index (χ0n) is 13.3. The van der Waals surface area contributed by atoms with E-state index in [4.69, 9.17) is 5.26 Å². The molecule has 0 heterocycles. The van der Waals surface area contributed by atoms with Crippen LogP contribution in [-0.2, 0) is 21.1 Å². The van der Waals surface area contributed by atoms with E-state index in [1.54, 1.807) is 48.5 Å². The first-order chi connectivity index (χ1) is 11.4. The normalized spacial score (nSPS) is 10.8. The van der Waals surface area contributed by atoms with Gasteiger partial charge in [-0.2, -0.15) is 5.26 Å². The van der Waals surface area contributed by atoms with Gasteiger partial charge in [-0.3, -0.25) is 4.79 Å². The number of amides is 1. The second kappa shape index (κ2) is 7.75. The van der Waals surface area contributed by atoms with Gasteiger partial charge >= 0.3 is 0 Å². The van der Waals surface area contributed by atoms with Crippen molar-refractivity contribution in [1.82, 2.24) is 0 Å². The molecule has 5 nitrogen and oxygen atoms in total. The Kier molecular flexibility index (Phi) is 5.72. The summed E-state index contributed by atoms with van der Waals surface area (Å²) in [7, 11) is -3.48. The van der Waals surface area contributed by atoms with Crippen LogP contribution in [0.15, 0.2) is 53.4 Å². The van der Waals surface area contributed by atoms with Crippen LogP contribution in [0.5, 0.6) is 0 Å². The lowest BCUT2D eigenvalue weighted by atomic mass is 10.1. The van der Waals surface area contributed by atoms with E-state index in [0.717, 1.165) is 11.1 Å². The highest BCUT2D eigenvalue weighted by Crippen LogP contribution is 2.14. The molecule has 1 amide bonds. The van der Waals surface area contributed by atoms with Gasteiger partial charge < -0.3 is 5.32 Å². The number of nitriles is 1. The van der Waals surface area contributed by atoms with E-state index in [1.165, 1.54) is 0 Å². The summed E-state index contributed by atoms with van der Waals surface area (Å²) in [6, 6.07) is 15.5. The molecule has 0 saturated carbocycles. The topological polar surface area (TPSA) is 87.0 Å². The van der Waals surface area contributed by atoms with Crippen molar-refractivity contribution in [2.24, 2.45) is 0 Å². The molecule has 0 radical (unpaired) electrons. The van der Waals surface area contributed by atoms with Crippen molar-refractivity contribution in [3.63, 3.8) is 0 Å². The first-order valence-corrected chi connectivity index (χ1v) is 9.11. The number of hydrogen-bond donors (Lipinski definition) is 1. The zero-order valence-corrected chi connectivity index (χ0v) is 14.1. The monoisotopic (exact) mass is 342 g/mol. The first-order valence-electron chi connectivity index (χ1n) is 7.46. The molecule has 0 bridgehead atoms. The SMILES string of the molecule is Cc1ccc(S(=O)(=O)CCC(=O)Nc2ccc(CC#N)cc2)cc1. The van der Waals surface area contributed by atoms with Gasteiger partial charge in [-0.1, -0.05) is 29.8 Å². The Morgan fingerprint density at radius 3 is 2.29 bits per heavy atom. The number of sulfone groups is 1. The highest BCUT2D eigenvalue weighted by molar-refractivity contribution is 7.91. The summed E-state index contributed by atoms with van der Waals surface area (Å²) in [5.74, 6) is -0.604. The number of carbonyl (C=O) groups excluding carboxylic acids is 1. The lowest BCUT2D eigenvalue weighted by molar-refractivity contribution is -0.115. The van der Waals surface area contributed by atoms with Crippen molar-refractivity contribution in [2.45, 2.75) is 24.7 Å². The van der Waals surface area contributed by atoms with Crippen LogP contribution in [0.1, 0.15) is 17.5 Å². The Morgan fingerprint density at radius 1 is 1.08 bits per heavy atom. The predicted octanol–water partition coefficient (Wildman–Crippen LogP) is 2.86. The summed E-state index contributed by atoms with van der Waals surface area (Å²) in [5.41, 5.74) is 2.42. The summed E-state index contributed by atoms with van der Waals surface area (Å²) in [6.45, 7) is 1.88. The Bertz CT molecular complexity index is 849. The van der Waals surface area contributed by atoms with Gasteiger partial charge in [-0.05, 0) is 36.8 Å². The van der Waals surface area contributed by atoms with Crippen LogP contribution in [0.2, 0.25) is 0 Å². The van der Waals surface area contributed by atoms with Crippen LogP contribution >= 0.6 is 0 Å². The van der Waals surface area contributed by atoms with E-state index < -0.39 is 9.84 Å². The van der Waals surface area contributed by atoms with Gasteiger partial charge in [-0.25, -0.2) is 8.42 Å². The lowest BCUT2D eigenvalue weighted by Crippen LogP contribution is -2.17. The molecule has 0 aliphatic heterocycles. The average Bonchev–Trinajstić information content (AvgIpc) is 2.56. The van der Waals surface area contributed by atoms with Gasteiger partial charge in [0.05, 0.1) is 23.1 Å². The van der Waals surface area contributed by atoms with E-state index >= 15 is 0 Å². The van der Waals surface area contributed by atoms with E-state index in [2.05, 4.69) is 5.32 Å². The summed E-state index contributed by atoms with van der Waals surface area (Å²) in [4.78, 5) is 12.2. The molecular formula is C18H18N2O3S. The highest BCUT2D eigenvalue weighted by Gasteiger charge is 2.16. The Balaban J connectivity index is 1.92. The third kappa shape index (κ3) is 4.93. The van der Waals surface area contributed by atoms with Crippen LogP contribution in [0.4, 0.5) is 5.69 Å². The number of anilines is 1. The van der Waals surface area contributed by atoms with Crippen LogP contribution in [-0.4, -0.2) is 20.1 Å². The molecule has 0 aliphatic rings. The molecule has 2 aromatic rings. The second-order valence-corrected chi connectivity index (χ2v) is 7.57. The van der Waals surface area contributed by atoms with E-state index in [9.17, 15) is 13.2 Å². The molecule has 6 heteroatoms. The van der Waals surface area contributed by atoms with Gasteiger partial charge in [-0.15, -0.1) is 0 Å². The first kappa shape index (κ1) is 17.7. The number of rotatable bonds is 6. The maximum atomic E-state index is 12.2. The molecule has 124 valence electrons. The fraction of sp³-hybridized carbons (Fsp3) is 0.222. The number of benzene rings is 2. The molecule has 0 unspecified atom stereocenters. The molecule has 0 saturated heterocycles. The molecule has 0 spiro atoms. The van der Waals surface area contributed by atoms with Crippen molar-refractivity contribution in [3.8, 4) is 6.07 Å². The third-order valence-electron chi connectivity index (χ3n) is 3.50. The van der Waals surface area contributed by atoms with Crippen molar-refractivity contribution in [2.75, 3.05) is 11.1 Å². The number of carbonyl (C=O) groups is 1. The summed E-state index contributed by atoms with van der Waals surface area (Å²) >= 11 is 0. The smallest absolute Gasteiger partial charge is 0.225 e. The zero-order chi connectivity index (χ0) is 17.6. The molecule has 0 fully saturated rings. The van der Waals surface area contributed by atoms with Crippen molar-refractivity contribution in [3.05, 3.63) is 59.7 Å². The van der Waals surface area contributed by atoms with Gasteiger partial charge in [0.25, 0.3) is 0 Å². The molecule has 0 aliphatic carbocycles. The molecule has 0 atom stereocenters. The van der Waals surface area contributed by atoms with Gasteiger partial charge in [0.1, 0.15) is 0 Å². The Labute approximate surface area is 141 Å². The van der Waals surface area contributed by atoms with Gasteiger partial charge in [0.15, 0.2) is 9.84 Å². The molecular weight excluding hydrogens is 324 g/mol. The summed E-state index contributed by atoms with van der Waals surface area (Å²) < 4.78 is 24.4. The number of nitrogens with one attached hydrogen (secondary N) is 1. The maximum Gasteiger partial charge on any atom is 0.225 e. The second-order valence-electron chi connectivity index (χ2n) is 5.46. The lowest BCUT2D eigenvalue weighted by Gasteiger charge is -2.07. The molecule has 2 aromatic carbocycles. The molecule has 0 aromatic heterocycles. The predicted molar refractivity (Wildman–Crippen MR) is 92.2 cm³/mol. The van der Waals surface area contributed by atoms with Crippen LogP contribution in [0, 0.1) is 18.3 Å². The van der Waals surface area contributed by atoms with E-state index in [-0.39, 0.29) is 23.0 Å². The Morgan fingerprint density at radius 2 is 1.71 bits per heavy atom. The standard InChI is InChI=1S/C18H18N2O3S/c1-14-2-8-17(9-3-14)24(22,23)13-11-18(21)20-16-6-4-15(5-7-16)10-12-19/h2-9H,10-11,13H2,1H3,(H,20,21). The fourth-order valence-corrected chi connectivity index (χ4v) is 3.35. The summed E-state index contributed by atoms with van der Waals surface area (Å²) in [6.07, 6.45) is 0.194. The molecule has 24 heavy (non-hydrogen) atoms. The van der Waals surface area contributed by atoms with Crippen molar-refractivity contribution in [1.29, 1.82) is 5.26 Å². The van der Waals surface area contributed by atoms with Gasteiger partial charge in [0, 0.05) is 12.1 Å². The van der Waals surface area contributed by atoms with Crippen molar-refractivity contribution >= 4 is 21.4 Å². The third-order valence-corrected chi connectivity index (χ3v) is 5.23. The minimum Gasteiger partial charge on any atom is -0.326 e. The van der Waals surface area contributed by atoms with Crippen LogP contribution < -0.4 is 5.32 Å². The molecule has 2 rings (SSSR count).